The van der Waals surface area contributed by atoms with E-state index in [0.717, 1.165) is 11.1 Å². The predicted molar refractivity (Wildman–Crippen MR) is 127 cm³/mol. The SMILES string of the molecule is COC(=O)c1ccc(COc2ccc(/C=C(\C#N)S(=O)(=O)c3ccc(C)cc3)cc2OC)cc1. The quantitative estimate of drug-likeness (QED) is 0.342. The van der Waals surface area contributed by atoms with Crippen LogP contribution in [-0.2, 0) is 21.2 Å². The van der Waals surface area contributed by atoms with Crippen molar-refractivity contribution in [1.29, 1.82) is 5.26 Å². The van der Waals surface area contributed by atoms with E-state index in [1.54, 1.807) is 60.7 Å². The molecule has 0 saturated carbocycles. The lowest BCUT2D eigenvalue weighted by Gasteiger charge is -2.12. The number of carbonyl (C=O) groups is 1. The van der Waals surface area contributed by atoms with Crippen LogP contribution in [0, 0.1) is 18.3 Å². The molecular formula is C26H23NO6S. The van der Waals surface area contributed by atoms with Crippen LogP contribution in [0.5, 0.6) is 11.5 Å². The van der Waals surface area contributed by atoms with Gasteiger partial charge in [0.1, 0.15) is 17.6 Å². The van der Waals surface area contributed by atoms with Crippen LogP contribution in [0.15, 0.2) is 76.5 Å². The number of nitriles is 1. The van der Waals surface area contributed by atoms with Crippen molar-refractivity contribution in [2.24, 2.45) is 0 Å². The third kappa shape index (κ3) is 5.63. The van der Waals surface area contributed by atoms with Gasteiger partial charge in [-0.05, 0) is 60.5 Å². The molecule has 0 aliphatic carbocycles. The van der Waals surface area contributed by atoms with E-state index in [0.29, 0.717) is 22.6 Å². The van der Waals surface area contributed by atoms with Gasteiger partial charge in [0.25, 0.3) is 0 Å². The fourth-order valence-corrected chi connectivity index (χ4v) is 4.23. The Morgan fingerprint density at radius 2 is 1.65 bits per heavy atom. The topological polar surface area (TPSA) is 103 Å². The first-order valence-corrected chi connectivity index (χ1v) is 11.7. The van der Waals surface area contributed by atoms with E-state index in [9.17, 15) is 18.5 Å². The second-order valence-corrected chi connectivity index (χ2v) is 9.24. The van der Waals surface area contributed by atoms with Gasteiger partial charge in [-0.2, -0.15) is 5.26 Å². The highest BCUT2D eigenvalue weighted by Gasteiger charge is 2.21. The molecule has 0 atom stereocenters. The van der Waals surface area contributed by atoms with Gasteiger partial charge in [0.15, 0.2) is 11.5 Å². The van der Waals surface area contributed by atoms with Crippen molar-refractivity contribution < 1.29 is 27.4 Å². The van der Waals surface area contributed by atoms with Gasteiger partial charge in [-0.15, -0.1) is 0 Å². The summed E-state index contributed by atoms with van der Waals surface area (Å²) in [4.78, 5) is 11.2. The maximum Gasteiger partial charge on any atom is 0.337 e. The Morgan fingerprint density at radius 1 is 0.971 bits per heavy atom. The lowest BCUT2D eigenvalue weighted by atomic mass is 10.1. The second-order valence-electron chi connectivity index (χ2n) is 7.32. The zero-order valence-electron chi connectivity index (χ0n) is 18.9. The van der Waals surface area contributed by atoms with E-state index >= 15 is 0 Å². The Hall–Kier alpha value is -4.09. The van der Waals surface area contributed by atoms with E-state index < -0.39 is 15.8 Å². The first-order valence-electron chi connectivity index (χ1n) is 10.2. The molecule has 0 bridgehead atoms. The van der Waals surface area contributed by atoms with Gasteiger partial charge in [0.05, 0.1) is 24.7 Å². The molecule has 0 aliphatic rings. The van der Waals surface area contributed by atoms with E-state index in [1.165, 1.54) is 32.4 Å². The lowest BCUT2D eigenvalue weighted by molar-refractivity contribution is 0.0600. The van der Waals surface area contributed by atoms with Crippen LogP contribution >= 0.6 is 0 Å². The zero-order chi connectivity index (χ0) is 24.7. The summed E-state index contributed by atoms with van der Waals surface area (Å²) in [5.41, 5.74) is 2.66. The number of aryl methyl sites for hydroxylation is 1. The highest BCUT2D eigenvalue weighted by atomic mass is 32.2. The van der Waals surface area contributed by atoms with E-state index in [-0.39, 0.29) is 16.4 Å². The van der Waals surface area contributed by atoms with E-state index in [2.05, 4.69) is 4.74 Å². The third-order valence-corrected chi connectivity index (χ3v) is 6.67. The molecule has 7 nitrogen and oxygen atoms in total. The molecule has 0 aliphatic heterocycles. The number of carbonyl (C=O) groups excluding carboxylic acids is 1. The maximum atomic E-state index is 12.9. The molecule has 0 spiro atoms. The summed E-state index contributed by atoms with van der Waals surface area (Å²) in [5, 5.41) is 9.52. The molecule has 0 N–H and O–H groups in total. The average molecular weight is 478 g/mol. The van der Waals surface area contributed by atoms with Crippen LogP contribution in [0.4, 0.5) is 0 Å². The molecule has 0 radical (unpaired) electrons. The number of ether oxygens (including phenoxy) is 3. The minimum Gasteiger partial charge on any atom is -0.493 e. The number of methoxy groups -OCH3 is 2. The minimum absolute atomic E-state index is 0.0519. The number of esters is 1. The summed E-state index contributed by atoms with van der Waals surface area (Å²) in [6.45, 7) is 2.07. The van der Waals surface area contributed by atoms with Crippen LogP contribution in [0.3, 0.4) is 0 Å². The van der Waals surface area contributed by atoms with Crippen molar-refractivity contribution in [3.8, 4) is 17.6 Å². The van der Waals surface area contributed by atoms with Gasteiger partial charge in [-0.3, -0.25) is 0 Å². The number of rotatable bonds is 8. The van der Waals surface area contributed by atoms with Gasteiger partial charge >= 0.3 is 5.97 Å². The lowest BCUT2D eigenvalue weighted by Crippen LogP contribution is -2.04. The largest absolute Gasteiger partial charge is 0.493 e. The summed E-state index contributed by atoms with van der Waals surface area (Å²) >= 11 is 0. The Balaban J connectivity index is 1.81. The summed E-state index contributed by atoms with van der Waals surface area (Å²) in [7, 11) is -1.17. The number of nitrogens with zero attached hydrogens (tertiary/aromatic N) is 1. The van der Waals surface area contributed by atoms with Crippen molar-refractivity contribution >= 4 is 21.9 Å². The maximum absolute atomic E-state index is 12.9. The Labute approximate surface area is 198 Å². The van der Waals surface area contributed by atoms with Crippen molar-refractivity contribution in [1.82, 2.24) is 0 Å². The second kappa shape index (κ2) is 10.7. The van der Waals surface area contributed by atoms with Crippen molar-refractivity contribution in [2.45, 2.75) is 18.4 Å². The van der Waals surface area contributed by atoms with Crippen molar-refractivity contribution in [2.75, 3.05) is 14.2 Å². The molecule has 0 saturated heterocycles. The van der Waals surface area contributed by atoms with Crippen LogP contribution < -0.4 is 9.47 Å². The number of sulfone groups is 1. The smallest absolute Gasteiger partial charge is 0.337 e. The van der Waals surface area contributed by atoms with Crippen molar-refractivity contribution in [3.05, 3.63) is 93.9 Å². The molecule has 0 unspecified atom stereocenters. The Bertz CT molecular complexity index is 1350. The molecule has 0 heterocycles. The fourth-order valence-electron chi connectivity index (χ4n) is 3.07. The monoisotopic (exact) mass is 477 g/mol. The van der Waals surface area contributed by atoms with E-state index in [1.807, 2.05) is 6.92 Å². The van der Waals surface area contributed by atoms with Crippen molar-refractivity contribution in [3.63, 3.8) is 0 Å². The first-order chi connectivity index (χ1) is 16.3. The molecule has 3 rings (SSSR count). The number of hydrogen-bond donors (Lipinski definition) is 0. The van der Waals surface area contributed by atoms with Gasteiger partial charge in [-0.1, -0.05) is 35.9 Å². The first kappa shape index (κ1) is 24.6. The Morgan fingerprint density at radius 3 is 2.24 bits per heavy atom. The van der Waals surface area contributed by atoms with Crippen LogP contribution in [0.25, 0.3) is 6.08 Å². The summed E-state index contributed by atoms with van der Waals surface area (Å²) < 4.78 is 41.6. The molecule has 8 heteroatoms. The zero-order valence-corrected chi connectivity index (χ0v) is 19.8. The number of allylic oxidation sites excluding steroid dienone is 1. The molecule has 174 valence electrons. The third-order valence-electron chi connectivity index (χ3n) is 4.99. The minimum atomic E-state index is -3.96. The molecule has 0 fully saturated rings. The number of hydrogen-bond acceptors (Lipinski definition) is 7. The molecule has 3 aromatic rings. The Kier molecular flexibility index (Phi) is 7.71. The molecule has 34 heavy (non-hydrogen) atoms. The molecule has 0 aromatic heterocycles. The van der Waals surface area contributed by atoms with Gasteiger partial charge in [-0.25, -0.2) is 13.2 Å². The molecule has 3 aromatic carbocycles. The van der Waals surface area contributed by atoms with Gasteiger partial charge in [0.2, 0.25) is 9.84 Å². The van der Waals surface area contributed by atoms with Crippen LogP contribution in [-0.4, -0.2) is 28.6 Å². The summed E-state index contributed by atoms with van der Waals surface area (Å²) in [6.07, 6.45) is 1.30. The van der Waals surface area contributed by atoms with Gasteiger partial charge < -0.3 is 14.2 Å². The number of benzene rings is 3. The predicted octanol–water partition coefficient (Wildman–Crippen LogP) is 4.71. The fraction of sp³-hybridized carbons (Fsp3) is 0.154. The van der Waals surface area contributed by atoms with Crippen LogP contribution in [0.2, 0.25) is 0 Å². The highest BCUT2D eigenvalue weighted by Crippen LogP contribution is 2.31. The van der Waals surface area contributed by atoms with Gasteiger partial charge in [0, 0.05) is 0 Å². The normalized spacial score (nSPS) is 11.4. The van der Waals surface area contributed by atoms with Crippen LogP contribution in [0.1, 0.15) is 27.0 Å². The average Bonchev–Trinajstić information content (AvgIpc) is 2.86. The highest BCUT2D eigenvalue weighted by molar-refractivity contribution is 7.95. The standard InChI is InChI=1S/C26H23NO6S/c1-18-4-11-22(12-5-18)34(29,30)23(16-27)14-20-8-13-24(25(15-20)31-2)33-17-19-6-9-21(10-7-19)26(28)32-3/h4-15H,17H2,1-3H3/b23-14+. The summed E-state index contributed by atoms with van der Waals surface area (Å²) in [5.74, 6) is 0.403. The molecule has 0 amide bonds. The van der Waals surface area contributed by atoms with E-state index in [4.69, 9.17) is 9.47 Å². The summed E-state index contributed by atoms with van der Waals surface area (Å²) in [6, 6.07) is 19.8. The molecular weight excluding hydrogens is 454 g/mol.